The molecule has 0 radical (unpaired) electrons. The van der Waals surface area contributed by atoms with Crippen LogP contribution in [-0.2, 0) is 11.3 Å². The zero-order valence-electron chi connectivity index (χ0n) is 14.6. The number of aromatic nitrogens is 3. The molecule has 3 aromatic rings. The van der Waals surface area contributed by atoms with E-state index in [4.69, 9.17) is 4.52 Å². The van der Waals surface area contributed by atoms with Gasteiger partial charge in [0.15, 0.2) is 6.61 Å². The predicted molar refractivity (Wildman–Crippen MR) is 92.1 cm³/mol. The zero-order valence-corrected chi connectivity index (χ0v) is 14.6. The number of pyridine rings is 2. The van der Waals surface area contributed by atoms with Gasteiger partial charge in [-0.3, -0.25) is 9.59 Å². The number of fused-ring (bicyclic) bond motifs is 1. The van der Waals surface area contributed by atoms with Gasteiger partial charge in [-0.2, -0.15) is 22.9 Å². The Labute approximate surface area is 155 Å². The van der Waals surface area contributed by atoms with Crippen molar-refractivity contribution < 1.29 is 27.2 Å². The first-order valence-electron chi connectivity index (χ1n) is 8.20. The van der Waals surface area contributed by atoms with E-state index in [2.05, 4.69) is 20.0 Å². The molecule has 0 saturated carbocycles. The van der Waals surface area contributed by atoms with Crippen LogP contribution >= 0.6 is 0 Å². The molecule has 0 aliphatic carbocycles. The third kappa shape index (κ3) is 4.67. The first-order valence-corrected chi connectivity index (χ1v) is 8.20. The smallest absolute Gasteiger partial charge is 0.422 e. The fourth-order valence-corrected chi connectivity index (χ4v) is 2.31. The molecule has 0 atom stereocenters. The van der Waals surface area contributed by atoms with Crippen molar-refractivity contribution >= 4 is 22.8 Å². The molecule has 0 aromatic carbocycles. The fourth-order valence-electron chi connectivity index (χ4n) is 2.31. The minimum Gasteiger partial charge on any atom is -0.468 e. The third-order valence-corrected chi connectivity index (χ3v) is 3.61. The average Bonchev–Trinajstić information content (AvgIpc) is 2.94. The van der Waals surface area contributed by atoms with Crippen molar-refractivity contribution in [1.82, 2.24) is 14.7 Å². The van der Waals surface area contributed by atoms with Crippen LogP contribution in [0.25, 0.3) is 11.1 Å². The second-order valence-electron chi connectivity index (χ2n) is 5.79. The standard InChI is InChI=1S/C17H15F3N4O4/c1-2-13(25)22-12-7-10(5-6-21-12)8-24-16(26)11-3-4-14(23-15(11)28-24)27-9-17(18,19)20/h3-7H,2,8-9H2,1H3,(H,21,22,25). The Morgan fingerprint density at radius 3 is 2.82 bits per heavy atom. The van der Waals surface area contributed by atoms with Gasteiger partial charge in [-0.15, -0.1) is 0 Å². The minimum atomic E-state index is -4.50. The molecule has 0 aliphatic heterocycles. The summed E-state index contributed by atoms with van der Waals surface area (Å²) in [5.41, 5.74) is -0.0184. The van der Waals surface area contributed by atoms with E-state index in [1.54, 1.807) is 19.1 Å². The molecule has 3 aromatic heterocycles. The van der Waals surface area contributed by atoms with Crippen molar-refractivity contribution in [3.63, 3.8) is 0 Å². The first-order chi connectivity index (χ1) is 13.2. The summed E-state index contributed by atoms with van der Waals surface area (Å²) in [5.74, 6) is -0.185. The Morgan fingerprint density at radius 1 is 1.32 bits per heavy atom. The molecular weight excluding hydrogens is 381 g/mol. The van der Waals surface area contributed by atoms with Gasteiger partial charge in [0.1, 0.15) is 11.2 Å². The number of nitrogens with zero attached hydrogens (tertiary/aromatic N) is 3. The minimum absolute atomic E-state index is 0.0193. The summed E-state index contributed by atoms with van der Waals surface area (Å²) in [6.45, 7) is 0.220. The van der Waals surface area contributed by atoms with Crippen LogP contribution in [0.1, 0.15) is 18.9 Å². The van der Waals surface area contributed by atoms with Crippen LogP contribution in [0.2, 0.25) is 0 Å². The molecule has 148 valence electrons. The quantitative estimate of drug-likeness (QED) is 0.688. The topological polar surface area (TPSA) is 99.3 Å². The maximum absolute atomic E-state index is 12.4. The molecule has 1 N–H and O–H groups in total. The number of anilines is 1. The average molecular weight is 396 g/mol. The largest absolute Gasteiger partial charge is 0.468 e. The number of hydrogen-bond donors (Lipinski definition) is 1. The van der Waals surface area contributed by atoms with E-state index in [0.717, 1.165) is 4.74 Å². The van der Waals surface area contributed by atoms with E-state index in [0.29, 0.717) is 17.8 Å². The molecule has 28 heavy (non-hydrogen) atoms. The molecule has 8 nitrogen and oxygen atoms in total. The van der Waals surface area contributed by atoms with Gasteiger partial charge in [0.2, 0.25) is 11.8 Å². The van der Waals surface area contributed by atoms with E-state index < -0.39 is 18.3 Å². The highest BCUT2D eigenvalue weighted by Gasteiger charge is 2.28. The first kappa shape index (κ1) is 19.4. The van der Waals surface area contributed by atoms with Crippen molar-refractivity contribution in [2.75, 3.05) is 11.9 Å². The van der Waals surface area contributed by atoms with Crippen LogP contribution in [-0.4, -0.2) is 33.4 Å². The highest BCUT2D eigenvalue weighted by molar-refractivity contribution is 5.89. The van der Waals surface area contributed by atoms with Crippen molar-refractivity contribution in [2.45, 2.75) is 26.1 Å². The van der Waals surface area contributed by atoms with Crippen molar-refractivity contribution in [3.05, 3.63) is 46.4 Å². The molecule has 0 unspecified atom stereocenters. The summed E-state index contributed by atoms with van der Waals surface area (Å²) in [5, 5.41) is 2.71. The summed E-state index contributed by atoms with van der Waals surface area (Å²) in [6.07, 6.45) is -2.75. The molecule has 0 bridgehead atoms. The number of rotatable bonds is 6. The summed E-state index contributed by atoms with van der Waals surface area (Å²) >= 11 is 0. The Kier molecular flexibility index (Phi) is 5.34. The number of carbonyl (C=O) groups is 1. The maximum atomic E-state index is 12.4. The predicted octanol–water partition coefficient (Wildman–Crippen LogP) is 2.72. The highest BCUT2D eigenvalue weighted by Crippen LogP contribution is 2.19. The SMILES string of the molecule is CCC(=O)Nc1cc(Cn2oc3nc(OCC(F)(F)F)ccc3c2=O)ccn1. The van der Waals surface area contributed by atoms with Crippen LogP contribution in [0.5, 0.6) is 5.88 Å². The van der Waals surface area contributed by atoms with Crippen molar-refractivity contribution in [1.29, 1.82) is 0 Å². The van der Waals surface area contributed by atoms with Gasteiger partial charge in [0.05, 0.1) is 6.54 Å². The molecule has 0 spiro atoms. The lowest BCUT2D eigenvalue weighted by Crippen LogP contribution is -2.19. The van der Waals surface area contributed by atoms with Gasteiger partial charge in [0.25, 0.3) is 11.3 Å². The van der Waals surface area contributed by atoms with Crippen molar-refractivity contribution in [3.8, 4) is 5.88 Å². The van der Waals surface area contributed by atoms with Gasteiger partial charge in [-0.05, 0) is 23.8 Å². The third-order valence-electron chi connectivity index (χ3n) is 3.61. The number of amides is 1. The van der Waals surface area contributed by atoms with Crippen LogP contribution in [0, 0.1) is 0 Å². The summed E-state index contributed by atoms with van der Waals surface area (Å²) in [6, 6.07) is 5.67. The van der Waals surface area contributed by atoms with Gasteiger partial charge >= 0.3 is 6.18 Å². The lowest BCUT2D eigenvalue weighted by molar-refractivity contribution is -0.154. The molecule has 3 rings (SSSR count). The molecule has 11 heteroatoms. The monoisotopic (exact) mass is 396 g/mol. The number of nitrogens with one attached hydrogen (secondary N) is 1. The van der Waals surface area contributed by atoms with E-state index in [-0.39, 0.29) is 29.4 Å². The second kappa shape index (κ2) is 7.71. The van der Waals surface area contributed by atoms with E-state index in [1.807, 2.05) is 0 Å². The fraction of sp³-hybridized carbons (Fsp3) is 0.294. The van der Waals surface area contributed by atoms with Crippen LogP contribution in [0.3, 0.4) is 0 Å². The zero-order chi connectivity index (χ0) is 20.3. The normalized spacial score (nSPS) is 11.6. The summed E-state index contributed by atoms with van der Waals surface area (Å²) in [7, 11) is 0. The molecule has 3 heterocycles. The van der Waals surface area contributed by atoms with E-state index in [9.17, 15) is 22.8 Å². The lowest BCUT2D eigenvalue weighted by atomic mass is 10.2. The molecule has 0 saturated heterocycles. The van der Waals surface area contributed by atoms with Gasteiger partial charge in [-0.1, -0.05) is 6.92 Å². The van der Waals surface area contributed by atoms with Crippen molar-refractivity contribution in [2.24, 2.45) is 0 Å². The Balaban J connectivity index is 1.82. The summed E-state index contributed by atoms with van der Waals surface area (Å²) < 4.78 is 47.6. The Morgan fingerprint density at radius 2 is 2.11 bits per heavy atom. The van der Waals surface area contributed by atoms with E-state index in [1.165, 1.54) is 18.3 Å². The highest BCUT2D eigenvalue weighted by atomic mass is 19.4. The number of halogens is 3. The second-order valence-corrected chi connectivity index (χ2v) is 5.79. The van der Waals surface area contributed by atoms with Gasteiger partial charge in [-0.25, -0.2) is 4.98 Å². The van der Waals surface area contributed by atoms with Gasteiger partial charge in [0, 0.05) is 18.7 Å². The summed E-state index contributed by atoms with van der Waals surface area (Å²) in [4.78, 5) is 31.7. The Hall–Kier alpha value is -3.37. The van der Waals surface area contributed by atoms with E-state index >= 15 is 0 Å². The molecule has 1 amide bonds. The number of carbonyl (C=O) groups excluding carboxylic acids is 1. The number of alkyl halides is 3. The number of hydrogen-bond acceptors (Lipinski definition) is 6. The van der Waals surface area contributed by atoms with Crippen LogP contribution < -0.4 is 15.6 Å². The molecule has 0 aliphatic rings. The van der Waals surface area contributed by atoms with Gasteiger partial charge < -0.3 is 14.6 Å². The maximum Gasteiger partial charge on any atom is 0.422 e. The van der Waals surface area contributed by atoms with Crippen LogP contribution in [0.15, 0.2) is 39.8 Å². The number of ether oxygens (including phenoxy) is 1. The lowest BCUT2D eigenvalue weighted by Gasteiger charge is -2.07. The molecular formula is C17H15F3N4O4. The Bertz CT molecular complexity index is 1060. The molecule has 0 fully saturated rings. The van der Waals surface area contributed by atoms with Crippen LogP contribution in [0.4, 0.5) is 19.0 Å².